The molecule has 2 aromatic rings. The van der Waals surface area contributed by atoms with Crippen LogP contribution in [0.5, 0.6) is 0 Å². The Morgan fingerprint density at radius 2 is 1.85 bits per heavy atom. The fraction of sp³-hybridized carbons (Fsp3) is 0.591. The molecule has 1 N–H and O–H groups in total. The molecule has 0 aliphatic carbocycles. The van der Waals surface area contributed by atoms with Crippen LogP contribution in [0.2, 0.25) is 0 Å². The first-order valence-electron chi connectivity index (χ1n) is 10.1. The summed E-state index contributed by atoms with van der Waals surface area (Å²) >= 11 is 0. The minimum Gasteiger partial charge on any atom is -0.306 e. The molecule has 2 aliphatic rings. The Hall–Kier alpha value is -1.65. The number of hydrogen-bond acceptors (Lipinski definition) is 3. The summed E-state index contributed by atoms with van der Waals surface area (Å²) in [5, 5.41) is 7.62. The van der Waals surface area contributed by atoms with E-state index in [0.29, 0.717) is 0 Å². The monoisotopic (exact) mass is 352 g/mol. The molecule has 1 unspecified atom stereocenters. The van der Waals surface area contributed by atoms with Gasteiger partial charge in [0.1, 0.15) is 0 Å². The third-order valence-electron chi connectivity index (χ3n) is 6.50. The molecule has 0 spiro atoms. The lowest BCUT2D eigenvalue weighted by Gasteiger charge is -2.34. The first kappa shape index (κ1) is 17.7. The number of nitrogens with zero attached hydrogens (tertiary/aromatic N) is 3. The molecule has 4 nitrogen and oxygen atoms in total. The number of H-pyrrole nitrogens is 1. The van der Waals surface area contributed by atoms with Crippen molar-refractivity contribution in [2.75, 3.05) is 33.2 Å². The lowest BCUT2D eigenvalue weighted by atomic mass is 9.83. The summed E-state index contributed by atoms with van der Waals surface area (Å²) in [7, 11) is 2.27. The van der Waals surface area contributed by atoms with Crippen molar-refractivity contribution in [1.82, 2.24) is 20.0 Å². The summed E-state index contributed by atoms with van der Waals surface area (Å²) in [5.41, 5.74) is 6.43. The third kappa shape index (κ3) is 3.72. The molecule has 2 fully saturated rings. The van der Waals surface area contributed by atoms with Crippen LogP contribution in [-0.4, -0.2) is 53.2 Å². The zero-order valence-electron chi connectivity index (χ0n) is 16.5. The molecule has 2 aliphatic heterocycles. The van der Waals surface area contributed by atoms with Gasteiger partial charge in [-0.3, -0.25) is 10.00 Å². The number of piperidine rings is 1. The largest absolute Gasteiger partial charge is 0.306 e. The van der Waals surface area contributed by atoms with Crippen molar-refractivity contribution in [2.45, 2.75) is 39.7 Å². The van der Waals surface area contributed by atoms with Gasteiger partial charge in [-0.15, -0.1) is 0 Å². The second-order valence-electron chi connectivity index (χ2n) is 8.51. The number of aromatic amines is 1. The maximum Gasteiger partial charge on any atom is 0.0698 e. The summed E-state index contributed by atoms with van der Waals surface area (Å²) in [6, 6.07) is 6.66. The van der Waals surface area contributed by atoms with Crippen LogP contribution in [0.1, 0.15) is 36.0 Å². The van der Waals surface area contributed by atoms with Crippen LogP contribution in [0.25, 0.3) is 11.3 Å². The zero-order chi connectivity index (χ0) is 18.1. The van der Waals surface area contributed by atoms with Gasteiger partial charge >= 0.3 is 0 Å². The Balaban J connectivity index is 1.40. The highest BCUT2D eigenvalue weighted by molar-refractivity contribution is 5.67. The molecule has 0 amide bonds. The normalized spacial score (nSPS) is 23.0. The van der Waals surface area contributed by atoms with E-state index in [2.05, 4.69) is 59.1 Å². The second-order valence-corrected chi connectivity index (χ2v) is 8.51. The number of likely N-dealkylation sites (tertiary alicyclic amines) is 2. The predicted octanol–water partition coefficient (Wildman–Crippen LogP) is 3.86. The quantitative estimate of drug-likeness (QED) is 0.907. The highest BCUT2D eigenvalue weighted by atomic mass is 15.2. The van der Waals surface area contributed by atoms with Crippen LogP contribution in [-0.2, 0) is 6.54 Å². The number of aromatic nitrogens is 2. The van der Waals surface area contributed by atoms with Gasteiger partial charge in [0.25, 0.3) is 0 Å². The number of aryl methyl sites for hydroxylation is 2. The van der Waals surface area contributed by atoms with Gasteiger partial charge in [0.15, 0.2) is 0 Å². The van der Waals surface area contributed by atoms with E-state index in [-0.39, 0.29) is 0 Å². The van der Waals surface area contributed by atoms with Gasteiger partial charge in [0.05, 0.1) is 11.9 Å². The maximum absolute atomic E-state index is 4.36. The molecule has 3 heterocycles. The molecule has 4 heteroatoms. The number of rotatable bonds is 4. The number of nitrogens with one attached hydrogen (secondary N) is 1. The van der Waals surface area contributed by atoms with E-state index in [1.165, 1.54) is 73.4 Å². The topological polar surface area (TPSA) is 35.2 Å². The van der Waals surface area contributed by atoms with Crippen molar-refractivity contribution in [3.63, 3.8) is 0 Å². The van der Waals surface area contributed by atoms with E-state index in [0.717, 1.165) is 18.4 Å². The first-order chi connectivity index (χ1) is 12.6. The molecule has 1 aromatic carbocycles. The summed E-state index contributed by atoms with van der Waals surface area (Å²) in [5.74, 6) is 1.86. The van der Waals surface area contributed by atoms with Gasteiger partial charge in [-0.2, -0.15) is 5.10 Å². The Morgan fingerprint density at radius 3 is 2.58 bits per heavy atom. The molecule has 1 atom stereocenters. The van der Waals surface area contributed by atoms with Gasteiger partial charge in [-0.25, -0.2) is 0 Å². The van der Waals surface area contributed by atoms with Gasteiger partial charge < -0.3 is 4.90 Å². The van der Waals surface area contributed by atoms with Gasteiger partial charge in [0, 0.05) is 24.2 Å². The molecule has 0 bridgehead atoms. The third-order valence-corrected chi connectivity index (χ3v) is 6.50. The zero-order valence-corrected chi connectivity index (χ0v) is 16.5. The molecule has 0 saturated carbocycles. The van der Waals surface area contributed by atoms with E-state index >= 15 is 0 Å². The highest BCUT2D eigenvalue weighted by Crippen LogP contribution is 2.32. The van der Waals surface area contributed by atoms with Gasteiger partial charge in [-0.1, -0.05) is 17.7 Å². The van der Waals surface area contributed by atoms with Gasteiger partial charge in [0.2, 0.25) is 0 Å². The van der Waals surface area contributed by atoms with Crippen molar-refractivity contribution < 1.29 is 0 Å². The summed E-state index contributed by atoms with van der Waals surface area (Å²) < 4.78 is 0. The molecular weight excluding hydrogens is 320 g/mol. The molecule has 4 rings (SSSR count). The van der Waals surface area contributed by atoms with E-state index in [1.807, 2.05) is 6.20 Å². The van der Waals surface area contributed by atoms with Crippen LogP contribution < -0.4 is 0 Å². The Morgan fingerprint density at radius 1 is 1.08 bits per heavy atom. The SMILES string of the molecule is Cc1ccc(C)c(-c2[nH]ncc2CN2CCC(C3CCN(C)C3)CC2)c1. The van der Waals surface area contributed by atoms with Crippen molar-refractivity contribution in [3.8, 4) is 11.3 Å². The Kier molecular flexibility index (Phi) is 5.14. The highest BCUT2D eigenvalue weighted by Gasteiger charge is 2.30. The predicted molar refractivity (Wildman–Crippen MR) is 107 cm³/mol. The van der Waals surface area contributed by atoms with Crippen molar-refractivity contribution in [1.29, 1.82) is 0 Å². The van der Waals surface area contributed by atoms with Crippen LogP contribution in [0.4, 0.5) is 0 Å². The van der Waals surface area contributed by atoms with E-state index < -0.39 is 0 Å². The van der Waals surface area contributed by atoms with Crippen LogP contribution >= 0.6 is 0 Å². The molecule has 2 saturated heterocycles. The lowest BCUT2D eigenvalue weighted by molar-refractivity contribution is 0.143. The molecular formula is C22H32N4. The van der Waals surface area contributed by atoms with Crippen LogP contribution in [0.15, 0.2) is 24.4 Å². The van der Waals surface area contributed by atoms with Gasteiger partial charge in [-0.05, 0) is 83.3 Å². The smallest absolute Gasteiger partial charge is 0.0698 e. The number of hydrogen-bond donors (Lipinski definition) is 1. The summed E-state index contributed by atoms with van der Waals surface area (Å²) in [6.07, 6.45) is 6.14. The average molecular weight is 353 g/mol. The summed E-state index contributed by atoms with van der Waals surface area (Å²) in [4.78, 5) is 5.12. The first-order valence-corrected chi connectivity index (χ1v) is 10.1. The van der Waals surface area contributed by atoms with Crippen LogP contribution in [0.3, 0.4) is 0 Å². The second kappa shape index (κ2) is 7.53. The standard InChI is InChI=1S/C22H32N4/c1-16-4-5-17(2)21(12-16)22-20(13-23-24-22)15-26-10-7-18(8-11-26)19-6-9-25(3)14-19/h4-5,12-13,18-19H,6-11,14-15H2,1-3H3,(H,23,24). The Bertz CT molecular complexity index is 742. The Labute approximate surface area is 157 Å². The molecule has 140 valence electrons. The molecule has 0 radical (unpaired) electrons. The fourth-order valence-corrected chi connectivity index (χ4v) is 4.85. The average Bonchev–Trinajstić information content (AvgIpc) is 3.27. The van der Waals surface area contributed by atoms with E-state index in [1.54, 1.807) is 0 Å². The van der Waals surface area contributed by atoms with Crippen LogP contribution in [0, 0.1) is 25.7 Å². The van der Waals surface area contributed by atoms with E-state index in [4.69, 9.17) is 0 Å². The van der Waals surface area contributed by atoms with E-state index in [9.17, 15) is 0 Å². The number of benzene rings is 1. The minimum absolute atomic E-state index is 0.930. The lowest BCUT2D eigenvalue weighted by Crippen LogP contribution is -2.36. The van der Waals surface area contributed by atoms with Crippen molar-refractivity contribution in [2.24, 2.45) is 11.8 Å². The van der Waals surface area contributed by atoms with Crippen molar-refractivity contribution in [3.05, 3.63) is 41.1 Å². The summed E-state index contributed by atoms with van der Waals surface area (Å²) in [6.45, 7) is 10.4. The maximum atomic E-state index is 4.36. The fourth-order valence-electron chi connectivity index (χ4n) is 4.85. The molecule has 1 aromatic heterocycles. The van der Waals surface area contributed by atoms with Crippen molar-refractivity contribution >= 4 is 0 Å². The minimum atomic E-state index is 0.930. The molecule has 26 heavy (non-hydrogen) atoms.